The third kappa shape index (κ3) is 3.25. The average molecular weight is 360 g/mol. The molecule has 0 aromatic heterocycles. The van der Waals surface area contributed by atoms with Gasteiger partial charge in [0.05, 0.1) is 10.6 Å². The number of hydrogen-bond donors (Lipinski definition) is 1. The van der Waals surface area contributed by atoms with Crippen molar-refractivity contribution in [2.24, 2.45) is 0 Å². The number of hydrogen-bond acceptors (Lipinski definition) is 3. The third-order valence-corrected chi connectivity index (χ3v) is 6.90. The van der Waals surface area contributed by atoms with Crippen LogP contribution in [0.25, 0.3) is 0 Å². The van der Waals surface area contributed by atoms with Gasteiger partial charge in [0.25, 0.3) is 0 Å². The van der Waals surface area contributed by atoms with Gasteiger partial charge in [-0.25, -0.2) is 13.1 Å². The maximum atomic E-state index is 12.7. The minimum absolute atomic E-state index is 0.153. The predicted molar refractivity (Wildman–Crippen MR) is 97.2 cm³/mol. The number of carbonyl (C=O) groups is 1. The lowest BCUT2D eigenvalue weighted by atomic mass is 9.97. The van der Waals surface area contributed by atoms with Gasteiger partial charge in [-0.1, -0.05) is 11.6 Å². The summed E-state index contributed by atoms with van der Waals surface area (Å²) in [5.41, 5.74) is 4.31. The van der Waals surface area contributed by atoms with Crippen molar-refractivity contribution in [3.05, 3.63) is 34.9 Å². The van der Waals surface area contributed by atoms with Crippen molar-refractivity contribution in [1.82, 2.24) is 4.72 Å². The molecule has 3 aliphatic rings. The first-order valence-electron chi connectivity index (χ1n) is 9.18. The summed E-state index contributed by atoms with van der Waals surface area (Å²) in [7, 11) is -3.50. The topological polar surface area (TPSA) is 66.5 Å². The molecule has 2 heterocycles. The quantitative estimate of drug-likeness (QED) is 0.821. The maximum absolute atomic E-state index is 12.7. The fraction of sp³-hybridized carbons (Fsp3) is 0.526. The average Bonchev–Trinajstić information content (AvgIpc) is 3.04. The Bertz CT molecular complexity index is 842. The van der Waals surface area contributed by atoms with E-state index in [1.54, 1.807) is 12.1 Å². The van der Waals surface area contributed by atoms with E-state index in [4.69, 9.17) is 0 Å². The molecule has 0 saturated heterocycles. The number of aryl methyl sites for hydroxylation is 1. The molecule has 0 atom stereocenters. The molecule has 0 saturated carbocycles. The smallest absolute Gasteiger partial charge is 0.240 e. The van der Waals surface area contributed by atoms with E-state index >= 15 is 0 Å². The molecule has 134 valence electrons. The standard InChI is InChI=1S/C19H24N2O3S/c22-18-7-6-15-12-17(13-16-9-11-21(18)19(15)16)25(23,24)20-10-8-14-4-2-1-3-5-14/h4,12-13,20H,1-3,5-11H2. The molecular formula is C19H24N2O3S. The van der Waals surface area contributed by atoms with Crippen molar-refractivity contribution in [1.29, 1.82) is 0 Å². The van der Waals surface area contributed by atoms with Crippen LogP contribution in [-0.2, 0) is 27.7 Å². The van der Waals surface area contributed by atoms with E-state index in [0.29, 0.717) is 30.8 Å². The largest absolute Gasteiger partial charge is 0.312 e. The van der Waals surface area contributed by atoms with Gasteiger partial charge in [-0.2, -0.15) is 0 Å². The Balaban J connectivity index is 1.51. The van der Waals surface area contributed by atoms with Crippen LogP contribution in [0.3, 0.4) is 0 Å². The fourth-order valence-corrected chi connectivity index (χ4v) is 5.27. The van der Waals surface area contributed by atoms with E-state index in [1.165, 1.54) is 18.4 Å². The maximum Gasteiger partial charge on any atom is 0.240 e. The summed E-state index contributed by atoms with van der Waals surface area (Å²) in [6.07, 6.45) is 9.55. The van der Waals surface area contributed by atoms with Crippen LogP contribution in [0.1, 0.15) is 49.7 Å². The van der Waals surface area contributed by atoms with Gasteiger partial charge < -0.3 is 4.90 Å². The van der Waals surface area contributed by atoms with E-state index in [2.05, 4.69) is 10.8 Å². The Kier molecular flexibility index (Phi) is 4.41. The number of rotatable bonds is 5. The second-order valence-electron chi connectivity index (χ2n) is 7.14. The van der Waals surface area contributed by atoms with E-state index in [9.17, 15) is 13.2 Å². The normalized spacial score (nSPS) is 19.8. The Labute approximate surface area is 149 Å². The summed E-state index contributed by atoms with van der Waals surface area (Å²) in [5.74, 6) is 0.153. The summed E-state index contributed by atoms with van der Waals surface area (Å²) in [5, 5.41) is 0. The Hall–Kier alpha value is -1.66. The number of nitrogens with one attached hydrogen (secondary N) is 1. The van der Waals surface area contributed by atoms with E-state index in [1.807, 2.05) is 4.90 Å². The van der Waals surface area contributed by atoms with Crippen molar-refractivity contribution >= 4 is 21.6 Å². The van der Waals surface area contributed by atoms with Gasteiger partial charge in [-0.05, 0) is 68.2 Å². The molecule has 6 heteroatoms. The molecule has 0 unspecified atom stereocenters. The van der Waals surface area contributed by atoms with Crippen LogP contribution in [0, 0.1) is 0 Å². The molecule has 1 aromatic rings. The van der Waals surface area contributed by atoms with Crippen LogP contribution >= 0.6 is 0 Å². The number of anilines is 1. The van der Waals surface area contributed by atoms with Gasteiger partial charge in [0, 0.05) is 19.5 Å². The number of carbonyl (C=O) groups excluding carboxylic acids is 1. The lowest BCUT2D eigenvalue weighted by molar-refractivity contribution is -0.118. The highest BCUT2D eigenvalue weighted by Gasteiger charge is 2.32. The first kappa shape index (κ1) is 16.8. The van der Waals surface area contributed by atoms with Gasteiger partial charge >= 0.3 is 0 Å². The van der Waals surface area contributed by atoms with E-state index in [-0.39, 0.29) is 5.91 Å². The van der Waals surface area contributed by atoms with E-state index < -0.39 is 10.0 Å². The van der Waals surface area contributed by atoms with Gasteiger partial charge in [0.1, 0.15) is 0 Å². The first-order chi connectivity index (χ1) is 12.0. The molecule has 1 amide bonds. The Morgan fingerprint density at radius 1 is 1.04 bits per heavy atom. The summed E-state index contributed by atoms with van der Waals surface area (Å²) in [6.45, 7) is 1.12. The summed E-state index contributed by atoms with van der Waals surface area (Å²) in [4.78, 5) is 14.1. The van der Waals surface area contributed by atoms with Crippen molar-refractivity contribution in [2.45, 2.75) is 56.3 Å². The molecule has 4 rings (SSSR count). The summed E-state index contributed by atoms with van der Waals surface area (Å²) < 4.78 is 28.1. The fourth-order valence-electron chi connectivity index (χ4n) is 4.14. The lowest BCUT2D eigenvalue weighted by Gasteiger charge is -2.25. The number of nitrogens with zero attached hydrogens (tertiary/aromatic N) is 1. The van der Waals surface area contributed by atoms with Gasteiger partial charge in [-0.3, -0.25) is 4.79 Å². The van der Waals surface area contributed by atoms with Crippen LogP contribution in [0.4, 0.5) is 5.69 Å². The summed E-state index contributed by atoms with van der Waals surface area (Å²) >= 11 is 0. The third-order valence-electron chi connectivity index (χ3n) is 5.46. The molecule has 1 N–H and O–H groups in total. The van der Waals surface area contributed by atoms with Crippen molar-refractivity contribution in [3.8, 4) is 0 Å². The highest BCUT2D eigenvalue weighted by Crippen LogP contribution is 2.38. The van der Waals surface area contributed by atoms with Crippen LogP contribution in [0.2, 0.25) is 0 Å². The van der Waals surface area contributed by atoms with Crippen LogP contribution in [0.5, 0.6) is 0 Å². The molecule has 1 aliphatic carbocycles. The summed E-state index contributed by atoms with van der Waals surface area (Å²) in [6, 6.07) is 3.51. The highest BCUT2D eigenvalue weighted by atomic mass is 32.2. The molecule has 1 aromatic carbocycles. The molecule has 0 radical (unpaired) electrons. The number of benzene rings is 1. The Morgan fingerprint density at radius 3 is 2.60 bits per heavy atom. The van der Waals surface area contributed by atoms with Crippen LogP contribution < -0.4 is 9.62 Å². The molecule has 0 bridgehead atoms. The zero-order valence-electron chi connectivity index (χ0n) is 14.4. The predicted octanol–water partition coefficient (Wildman–Crippen LogP) is 2.69. The van der Waals surface area contributed by atoms with Gasteiger partial charge in [0.15, 0.2) is 0 Å². The minimum atomic E-state index is -3.50. The SMILES string of the molecule is O=C1CCc2cc(S(=O)(=O)NCCC3=CCCCC3)cc3c2N1CC3. The van der Waals surface area contributed by atoms with Crippen LogP contribution in [-0.4, -0.2) is 27.4 Å². The molecular weight excluding hydrogens is 336 g/mol. The minimum Gasteiger partial charge on any atom is -0.312 e. The van der Waals surface area contributed by atoms with Crippen molar-refractivity contribution < 1.29 is 13.2 Å². The first-order valence-corrected chi connectivity index (χ1v) is 10.7. The van der Waals surface area contributed by atoms with Gasteiger partial charge in [0.2, 0.25) is 15.9 Å². The number of amides is 1. The van der Waals surface area contributed by atoms with E-state index in [0.717, 1.165) is 42.5 Å². The number of allylic oxidation sites excluding steroid dienone is 1. The van der Waals surface area contributed by atoms with Crippen molar-refractivity contribution in [2.75, 3.05) is 18.0 Å². The zero-order chi connectivity index (χ0) is 17.4. The molecule has 25 heavy (non-hydrogen) atoms. The van der Waals surface area contributed by atoms with Crippen molar-refractivity contribution in [3.63, 3.8) is 0 Å². The number of sulfonamides is 1. The van der Waals surface area contributed by atoms with Gasteiger partial charge in [-0.15, -0.1) is 0 Å². The second kappa shape index (κ2) is 6.57. The monoisotopic (exact) mass is 360 g/mol. The molecule has 2 aliphatic heterocycles. The second-order valence-corrected chi connectivity index (χ2v) is 8.91. The Morgan fingerprint density at radius 2 is 1.84 bits per heavy atom. The highest BCUT2D eigenvalue weighted by molar-refractivity contribution is 7.89. The zero-order valence-corrected chi connectivity index (χ0v) is 15.2. The lowest BCUT2D eigenvalue weighted by Crippen LogP contribution is -2.33. The molecule has 5 nitrogen and oxygen atoms in total. The molecule has 0 spiro atoms. The van der Waals surface area contributed by atoms with Crippen LogP contribution in [0.15, 0.2) is 28.7 Å². The molecule has 0 fully saturated rings.